The first-order valence-electron chi connectivity index (χ1n) is 7.29. The van der Waals surface area contributed by atoms with Crippen LogP contribution in [0.25, 0.3) is 0 Å². The highest BCUT2D eigenvalue weighted by Gasteiger charge is 2.10. The fourth-order valence-electron chi connectivity index (χ4n) is 1.80. The van der Waals surface area contributed by atoms with Crippen LogP contribution in [-0.2, 0) is 9.59 Å². The van der Waals surface area contributed by atoms with Crippen molar-refractivity contribution in [3.05, 3.63) is 59.7 Å². The number of aryl methyl sites for hydroxylation is 1. The number of para-hydroxylation sites is 1. The van der Waals surface area contributed by atoms with Crippen LogP contribution in [-0.4, -0.2) is 24.2 Å². The summed E-state index contributed by atoms with van der Waals surface area (Å²) >= 11 is 0.824. The molecule has 0 saturated heterocycles. The van der Waals surface area contributed by atoms with Crippen LogP contribution in [0, 0.1) is 18.6 Å². The number of carbonyl (C=O) groups is 2. The van der Waals surface area contributed by atoms with E-state index in [2.05, 4.69) is 10.9 Å². The summed E-state index contributed by atoms with van der Waals surface area (Å²) < 4.78 is 31.8. The maximum atomic E-state index is 13.4. The van der Waals surface area contributed by atoms with Crippen LogP contribution in [0.2, 0.25) is 0 Å². The minimum atomic E-state index is -0.616. The number of carbonyl (C=O) groups excluding carboxylic acids is 2. The molecule has 2 N–H and O–H groups in total. The molecule has 0 bridgehead atoms. The van der Waals surface area contributed by atoms with Crippen molar-refractivity contribution >= 4 is 23.6 Å². The van der Waals surface area contributed by atoms with E-state index in [0.29, 0.717) is 5.75 Å². The van der Waals surface area contributed by atoms with Gasteiger partial charge in [-0.05, 0) is 36.8 Å². The first kappa shape index (κ1) is 18.7. The summed E-state index contributed by atoms with van der Waals surface area (Å²) in [6, 6.07) is 10.2. The molecule has 2 aromatic carbocycles. The molecule has 0 aliphatic carbocycles. The Labute approximate surface area is 147 Å². The summed E-state index contributed by atoms with van der Waals surface area (Å²) in [7, 11) is 0. The predicted octanol–water partition coefficient (Wildman–Crippen LogP) is 2.59. The van der Waals surface area contributed by atoms with Crippen molar-refractivity contribution in [3.63, 3.8) is 0 Å². The van der Waals surface area contributed by atoms with Crippen molar-refractivity contribution in [2.24, 2.45) is 0 Å². The summed E-state index contributed by atoms with van der Waals surface area (Å²) in [6.45, 7) is 1.58. The van der Waals surface area contributed by atoms with Crippen molar-refractivity contribution in [2.75, 3.05) is 12.4 Å². The number of amides is 2. The van der Waals surface area contributed by atoms with E-state index in [1.165, 1.54) is 0 Å². The zero-order valence-electron chi connectivity index (χ0n) is 13.3. The Morgan fingerprint density at radius 1 is 1.08 bits per heavy atom. The van der Waals surface area contributed by atoms with Gasteiger partial charge in [0.25, 0.3) is 5.91 Å². The monoisotopic (exact) mass is 366 g/mol. The third-order valence-electron chi connectivity index (χ3n) is 3.05. The van der Waals surface area contributed by atoms with E-state index in [1.807, 2.05) is 19.1 Å². The number of nitrogens with one attached hydrogen (secondary N) is 2. The second kappa shape index (κ2) is 9.03. The largest absolute Gasteiger partial charge is 0.483 e. The molecule has 0 aliphatic heterocycles. The molecular formula is C17H16F2N2O3S. The van der Waals surface area contributed by atoms with Crippen molar-refractivity contribution in [3.8, 4) is 5.75 Å². The second-order valence-corrected chi connectivity index (χ2v) is 6.03. The molecule has 0 radical (unpaired) electrons. The minimum absolute atomic E-state index is 0.0179. The molecule has 0 heterocycles. The number of halogens is 2. The molecule has 0 spiro atoms. The summed E-state index contributed by atoms with van der Waals surface area (Å²) in [6.07, 6.45) is 0. The molecule has 0 aromatic heterocycles. The first-order chi connectivity index (χ1) is 12.0. The number of hydrazine groups is 1. The molecule has 132 valence electrons. The molecule has 2 amide bonds. The molecule has 25 heavy (non-hydrogen) atoms. The van der Waals surface area contributed by atoms with Gasteiger partial charge in [0.1, 0.15) is 17.4 Å². The number of benzene rings is 2. The first-order valence-corrected chi connectivity index (χ1v) is 8.28. The Hall–Kier alpha value is -2.61. The smallest absolute Gasteiger partial charge is 0.276 e. The zero-order chi connectivity index (χ0) is 18.2. The Morgan fingerprint density at radius 3 is 2.56 bits per heavy atom. The topological polar surface area (TPSA) is 67.4 Å². The minimum Gasteiger partial charge on any atom is -0.483 e. The van der Waals surface area contributed by atoms with Gasteiger partial charge in [-0.1, -0.05) is 18.2 Å². The maximum absolute atomic E-state index is 13.4. The molecule has 0 aliphatic rings. The molecule has 8 heteroatoms. The number of thioether (sulfide) groups is 1. The van der Waals surface area contributed by atoms with Gasteiger partial charge in [-0.3, -0.25) is 20.4 Å². The highest BCUT2D eigenvalue weighted by atomic mass is 32.2. The van der Waals surface area contributed by atoms with E-state index in [9.17, 15) is 18.4 Å². The average molecular weight is 366 g/mol. The number of ether oxygens (including phenoxy) is 1. The third-order valence-corrected chi connectivity index (χ3v) is 4.08. The lowest BCUT2D eigenvalue weighted by Crippen LogP contribution is -2.44. The summed E-state index contributed by atoms with van der Waals surface area (Å²) in [5.74, 6) is -1.92. The van der Waals surface area contributed by atoms with Crippen molar-refractivity contribution in [2.45, 2.75) is 11.8 Å². The van der Waals surface area contributed by atoms with E-state index in [0.717, 1.165) is 35.5 Å². The molecular weight excluding hydrogens is 350 g/mol. The van der Waals surface area contributed by atoms with Crippen LogP contribution >= 0.6 is 11.8 Å². The Kier molecular flexibility index (Phi) is 6.76. The lowest BCUT2D eigenvalue weighted by atomic mass is 10.2. The van der Waals surface area contributed by atoms with E-state index in [1.54, 1.807) is 12.1 Å². The van der Waals surface area contributed by atoms with Crippen LogP contribution in [0.15, 0.2) is 47.4 Å². The fourth-order valence-corrected chi connectivity index (χ4v) is 2.56. The highest BCUT2D eigenvalue weighted by molar-refractivity contribution is 8.00. The molecule has 2 rings (SSSR count). The molecule has 5 nitrogen and oxygen atoms in total. The van der Waals surface area contributed by atoms with Gasteiger partial charge in [-0.2, -0.15) is 0 Å². The van der Waals surface area contributed by atoms with E-state index < -0.39 is 23.4 Å². The summed E-state index contributed by atoms with van der Waals surface area (Å²) in [5, 5.41) is 0. The third kappa shape index (κ3) is 6.07. The lowest BCUT2D eigenvalue weighted by Gasteiger charge is -2.10. The molecule has 0 unspecified atom stereocenters. The van der Waals surface area contributed by atoms with Gasteiger partial charge in [0.2, 0.25) is 5.91 Å². The van der Waals surface area contributed by atoms with E-state index in [-0.39, 0.29) is 17.3 Å². The van der Waals surface area contributed by atoms with Crippen LogP contribution in [0.4, 0.5) is 8.78 Å². The quantitative estimate of drug-likeness (QED) is 0.609. The normalized spacial score (nSPS) is 10.2. The zero-order valence-corrected chi connectivity index (χ0v) is 14.2. The molecule has 0 saturated carbocycles. The Balaban J connectivity index is 1.71. The van der Waals surface area contributed by atoms with Crippen molar-refractivity contribution in [1.82, 2.24) is 10.9 Å². The van der Waals surface area contributed by atoms with Gasteiger partial charge in [0.05, 0.1) is 5.75 Å². The summed E-state index contributed by atoms with van der Waals surface area (Å²) in [5.41, 5.74) is 5.25. The van der Waals surface area contributed by atoms with E-state index >= 15 is 0 Å². The predicted molar refractivity (Wildman–Crippen MR) is 90.0 cm³/mol. The Bertz CT molecular complexity index is 771. The van der Waals surface area contributed by atoms with Crippen molar-refractivity contribution < 1.29 is 23.1 Å². The average Bonchev–Trinajstić information content (AvgIpc) is 2.60. The van der Waals surface area contributed by atoms with Gasteiger partial charge in [0, 0.05) is 4.90 Å². The standard InChI is InChI=1S/C17H16F2N2O3S/c1-11-4-2-3-5-14(11)24-9-16(22)20-21-17(23)10-25-15-8-12(18)6-7-13(15)19/h2-8H,9-10H2,1H3,(H,20,22)(H,21,23). The van der Waals surface area contributed by atoms with Gasteiger partial charge in [0.15, 0.2) is 6.61 Å². The number of hydrogen-bond donors (Lipinski definition) is 2. The number of rotatable bonds is 6. The van der Waals surface area contributed by atoms with Gasteiger partial charge in [-0.15, -0.1) is 11.8 Å². The van der Waals surface area contributed by atoms with Crippen LogP contribution in [0.1, 0.15) is 5.56 Å². The number of hydrogen-bond acceptors (Lipinski definition) is 4. The fraction of sp³-hybridized carbons (Fsp3) is 0.176. The van der Waals surface area contributed by atoms with Gasteiger partial charge < -0.3 is 4.74 Å². The van der Waals surface area contributed by atoms with Crippen LogP contribution < -0.4 is 15.6 Å². The van der Waals surface area contributed by atoms with Gasteiger partial charge >= 0.3 is 0 Å². The lowest BCUT2D eigenvalue weighted by molar-refractivity contribution is -0.128. The van der Waals surface area contributed by atoms with Crippen molar-refractivity contribution in [1.29, 1.82) is 0 Å². The maximum Gasteiger partial charge on any atom is 0.276 e. The Morgan fingerprint density at radius 2 is 1.80 bits per heavy atom. The second-order valence-electron chi connectivity index (χ2n) is 5.01. The molecule has 0 atom stereocenters. The highest BCUT2D eigenvalue weighted by Crippen LogP contribution is 2.22. The summed E-state index contributed by atoms with van der Waals surface area (Å²) in [4.78, 5) is 23.3. The van der Waals surface area contributed by atoms with Gasteiger partial charge in [-0.25, -0.2) is 8.78 Å². The van der Waals surface area contributed by atoms with Crippen LogP contribution in [0.3, 0.4) is 0 Å². The molecule has 2 aromatic rings. The molecule has 0 fully saturated rings. The van der Waals surface area contributed by atoms with E-state index in [4.69, 9.17) is 4.74 Å². The SMILES string of the molecule is Cc1ccccc1OCC(=O)NNC(=O)CSc1cc(F)ccc1F. The van der Waals surface area contributed by atoms with Crippen LogP contribution in [0.5, 0.6) is 5.75 Å².